The summed E-state index contributed by atoms with van der Waals surface area (Å²) in [7, 11) is -9.24. The smallest absolute Gasteiger partial charge is 0.102 e. The lowest BCUT2D eigenvalue weighted by Gasteiger charge is -2.40. The highest BCUT2D eigenvalue weighted by molar-refractivity contribution is 6.47. The van der Waals surface area contributed by atoms with Crippen LogP contribution < -0.4 is 40.2 Å². The number of likely N-dealkylation sites (N-methyl/N-ethyl adjacent to an activating group) is 8. The molecule has 0 aromatic carbocycles. The summed E-state index contributed by atoms with van der Waals surface area (Å²) in [5.74, 6) is 3.67. The van der Waals surface area contributed by atoms with Crippen molar-refractivity contribution < 1.29 is 114 Å². The molecular formula is C76H160B4N12O16. The standard InChI is InChI=1S/8C9H20NO.4CBNO2/c8*1-3-5-10(4-2)6-8-11-9-7-10;4*3-1-2(4)5/h8*3-9H2,1-2H3;;;;/q8*+1;4*-2. The third kappa shape index (κ3) is 54.1. The van der Waals surface area contributed by atoms with Gasteiger partial charge in [0.05, 0.1) is 210 Å². The topological polar surface area (TPSA) is 353 Å². The first-order valence-electron chi connectivity index (χ1n) is 42.0. The Morgan fingerprint density at radius 3 is 0.315 bits per heavy atom. The van der Waals surface area contributed by atoms with E-state index in [0.717, 1.165) is 130 Å². The number of morpholine rings is 8. The Morgan fingerprint density at radius 2 is 0.269 bits per heavy atom. The Labute approximate surface area is 661 Å². The molecule has 8 heterocycles. The third-order valence-corrected chi connectivity index (χ3v) is 22.7. The molecule has 632 valence electrons. The van der Waals surface area contributed by atoms with Gasteiger partial charge in [-0.2, -0.15) is 0 Å². The number of quaternary nitrogens is 8. The lowest BCUT2D eigenvalue weighted by atomic mass is 9.97. The van der Waals surface area contributed by atoms with Gasteiger partial charge in [0.15, 0.2) is 0 Å². The summed E-state index contributed by atoms with van der Waals surface area (Å²) in [6, 6.07) is 0. The van der Waals surface area contributed by atoms with Crippen LogP contribution in [0.15, 0.2) is 0 Å². The molecule has 0 aromatic heterocycles. The van der Waals surface area contributed by atoms with Gasteiger partial charge in [-0.3, -0.25) is 0 Å². The number of nitriles is 4. The van der Waals surface area contributed by atoms with E-state index in [2.05, 4.69) is 111 Å². The van der Waals surface area contributed by atoms with E-state index in [-0.39, 0.29) is 0 Å². The summed E-state index contributed by atoms with van der Waals surface area (Å²) in [6.07, 6.45) is 10.4. The SMILES string of the molecule is CCC[N+]1(CC)CCOCC1.CCC[N+]1(CC)CCOCC1.CCC[N+]1(CC)CCOCC1.CCC[N+]1(CC)CCOCC1.CCC[N+]1(CC)CCOCC1.CCC[N+]1(CC)CCOCC1.CCC[N+]1(CC)CCOCC1.CCC[N+]1(CC)CCOCC1.N#CB([O-])[O-].N#CB([O-])[O-].N#CB([O-])[O-].N#CB([O-])[O-]. The van der Waals surface area contributed by atoms with E-state index in [0.29, 0.717) is 0 Å². The van der Waals surface area contributed by atoms with Gasteiger partial charge in [-0.15, -0.1) is 0 Å². The van der Waals surface area contributed by atoms with Gasteiger partial charge < -0.3 is 114 Å². The minimum atomic E-state index is -2.31. The van der Waals surface area contributed by atoms with E-state index in [9.17, 15) is 0 Å². The molecule has 0 saturated carbocycles. The van der Waals surface area contributed by atoms with Crippen LogP contribution in [-0.2, 0) is 37.9 Å². The lowest BCUT2D eigenvalue weighted by Crippen LogP contribution is -2.55. The summed E-state index contributed by atoms with van der Waals surface area (Å²) in [6.45, 7) is 92.4. The van der Waals surface area contributed by atoms with E-state index in [4.69, 9.17) is 99.1 Å². The van der Waals surface area contributed by atoms with Crippen molar-refractivity contribution in [2.24, 2.45) is 0 Å². The van der Waals surface area contributed by atoms with Crippen LogP contribution >= 0.6 is 0 Å². The molecule has 8 saturated heterocycles. The average molecular weight is 1540 g/mol. The summed E-state index contributed by atoms with van der Waals surface area (Å²) < 4.78 is 53.2. The molecule has 8 aliphatic rings. The highest BCUT2D eigenvalue weighted by Crippen LogP contribution is 2.18. The van der Waals surface area contributed by atoms with E-state index >= 15 is 0 Å². The lowest BCUT2D eigenvalue weighted by molar-refractivity contribution is -0.933. The molecular weight excluding hydrogens is 1380 g/mol. The van der Waals surface area contributed by atoms with Crippen LogP contribution in [0.4, 0.5) is 0 Å². The largest absolute Gasteiger partial charge is 0.881 e. The van der Waals surface area contributed by atoms with Crippen molar-refractivity contribution in [1.29, 1.82) is 21.0 Å². The fraction of sp³-hybridized carbons (Fsp3) is 0.947. The zero-order valence-corrected chi connectivity index (χ0v) is 71.8. The minimum Gasteiger partial charge on any atom is -0.881 e. The van der Waals surface area contributed by atoms with Crippen molar-refractivity contribution in [3.63, 3.8) is 0 Å². The highest BCUT2D eigenvalue weighted by atomic mass is 16.5. The van der Waals surface area contributed by atoms with Crippen LogP contribution in [0.5, 0.6) is 0 Å². The van der Waals surface area contributed by atoms with Gasteiger partial charge >= 0.3 is 0 Å². The third-order valence-electron chi connectivity index (χ3n) is 22.7. The van der Waals surface area contributed by atoms with Gasteiger partial charge in [0.25, 0.3) is 0 Å². The number of hydrogen-bond acceptors (Lipinski definition) is 20. The quantitative estimate of drug-likeness (QED) is 0.0838. The van der Waals surface area contributed by atoms with E-state index < -0.39 is 28.5 Å². The fourth-order valence-corrected chi connectivity index (χ4v) is 15.2. The fourth-order valence-electron chi connectivity index (χ4n) is 15.2. The molecule has 32 heteroatoms. The van der Waals surface area contributed by atoms with Crippen molar-refractivity contribution >= 4 is 28.5 Å². The van der Waals surface area contributed by atoms with E-state index in [1.165, 1.54) is 297 Å². The summed E-state index contributed by atoms with van der Waals surface area (Å²) in [4.78, 5) is 0. The Hall–Kier alpha value is -2.74. The molecule has 0 spiro atoms. The predicted molar refractivity (Wildman–Crippen MR) is 418 cm³/mol. The molecule has 0 N–H and O–H groups in total. The summed E-state index contributed by atoms with van der Waals surface area (Å²) >= 11 is 0. The molecule has 8 aliphatic heterocycles. The normalized spacial score (nSPS) is 20.2. The van der Waals surface area contributed by atoms with Gasteiger partial charge in [-0.1, -0.05) is 55.4 Å². The Balaban J connectivity index is -0.000000553. The highest BCUT2D eigenvalue weighted by Gasteiger charge is 2.33. The van der Waals surface area contributed by atoms with Crippen molar-refractivity contribution in [3.05, 3.63) is 0 Å². The zero-order valence-electron chi connectivity index (χ0n) is 71.8. The van der Waals surface area contributed by atoms with Crippen molar-refractivity contribution in [1.82, 2.24) is 0 Å². The second kappa shape index (κ2) is 70.9. The number of rotatable bonds is 24. The first-order chi connectivity index (χ1) is 51.7. The second-order valence-corrected chi connectivity index (χ2v) is 29.4. The van der Waals surface area contributed by atoms with Crippen LogP contribution in [0.2, 0.25) is 0 Å². The molecule has 0 aliphatic carbocycles. The molecule has 28 nitrogen and oxygen atoms in total. The van der Waals surface area contributed by atoms with E-state index in [1.807, 2.05) is 0 Å². The maximum absolute atomic E-state index is 8.98. The summed E-state index contributed by atoms with van der Waals surface area (Å²) in [5, 5.41) is 101. The molecule has 0 atom stereocenters. The summed E-state index contributed by atoms with van der Waals surface area (Å²) in [5.41, 5.74) is 0. The first-order valence-corrected chi connectivity index (χ1v) is 42.0. The van der Waals surface area contributed by atoms with Gasteiger partial charge in [0.2, 0.25) is 0 Å². The second-order valence-electron chi connectivity index (χ2n) is 29.4. The zero-order chi connectivity index (χ0) is 82.4. The van der Waals surface area contributed by atoms with Gasteiger partial charge in [-0.25, -0.2) is 21.0 Å². The Morgan fingerprint density at radius 1 is 0.194 bits per heavy atom. The molecule has 0 amide bonds. The number of hydrogen-bond donors (Lipinski definition) is 0. The van der Waals surface area contributed by atoms with Gasteiger partial charge in [-0.05, 0) is 131 Å². The van der Waals surface area contributed by atoms with Crippen LogP contribution in [0.3, 0.4) is 0 Å². The van der Waals surface area contributed by atoms with Crippen LogP contribution in [0.25, 0.3) is 0 Å². The molecule has 0 aromatic rings. The van der Waals surface area contributed by atoms with Crippen LogP contribution in [0, 0.1) is 44.9 Å². The minimum absolute atomic E-state index is 0.917. The monoisotopic (exact) mass is 1540 g/mol. The molecule has 8 fully saturated rings. The average Bonchev–Trinajstić information content (AvgIpc) is 0.938. The van der Waals surface area contributed by atoms with Gasteiger partial charge in [0.1, 0.15) is 105 Å². The maximum Gasteiger partial charge on any atom is 0.102 e. The molecule has 0 unspecified atom stereocenters. The molecule has 108 heavy (non-hydrogen) atoms. The van der Waals surface area contributed by atoms with Crippen molar-refractivity contribution in [2.45, 2.75) is 162 Å². The molecule has 8 rings (SSSR count). The van der Waals surface area contributed by atoms with E-state index in [1.54, 1.807) is 0 Å². The Bertz CT molecular complexity index is 1710. The Kier molecular flexibility index (Phi) is 73.2. The number of nitrogens with zero attached hydrogens (tertiary/aromatic N) is 12. The predicted octanol–water partition coefficient (Wildman–Crippen LogP) is -0.862. The van der Waals surface area contributed by atoms with Gasteiger partial charge in [0, 0.05) is 28.5 Å². The van der Waals surface area contributed by atoms with Crippen LogP contribution in [0.1, 0.15) is 162 Å². The molecule has 0 bridgehead atoms. The van der Waals surface area contributed by atoms with Crippen molar-refractivity contribution in [3.8, 4) is 23.9 Å². The molecule has 0 radical (unpaired) electrons. The maximum atomic E-state index is 8.98. The van der Waals surface area contributed by atoms with Crippen LogP contribution in [-0.4, -0.2) is 379 Å². The van der Waals surface area contributed by atoms with Crippen molar-refractivity contribution in [2.75, 3.05) is 315 Å². The first kappa shape index (κ1) is 112. The number of ether oxygens (including phenoxy) is 8.